The number of nitrogens with zero attached hydrogens (tertiary/aromatic N) is 1. The Hall–Kier alpha value is -3.00. The third kappa shape index (κ3) is 4.71. The second-order valence-corrected chi connectivity index (χ2v) is 8.48. The maximum absolute atomic E-state index is 13.2. The fourth-order valence-electron chi connectivity index (χ4n) is 3.23. The number of hydrogen-bond donors (Lipinski definition) is 0. The fraction of sp³-hybridized carbons (Fsp3) is 0.286. The summed E-state index contributed by atoms with van der Waals surface area (Å²) in [6, 6.07) is 11.6. The van der Waals surface area contributed by atoms with Crippen LogP contribution in [0.5, 0.6) is 17.2 Å². The SMILES string of the molecule is COc1ccc(N(C(=O)Cc2ccc(OC)c(OC)c2)C2C=CS(=O)(=O)C2)cc1. The molecule has 0 aromatic heterocycles. The van der Waals surface area contributed by atoms with E-state index in [0.717, 1.165) is 11.0 Å². The Kier molecular flexibility index (Phi) is 6.12. The predicted octanol–water partition coefficient (Wildman–Crippen LogP) is 2.60. The van der Waals surface area contributed by atoms with Gasteiger partial charge in [-0.15, -0.1) is 0 Å². The Labute approximate surface area is 170 Å². The lowest BCUT2D eigenvalue weighted by atomic mass is 10.1. The average molecular weight is 417 g/mol. The number of methoxy groups -OCH3 is 3. The topological polar surface area (TPSA) is 82.1 Å². The van der Waals surface area contributed by atoms with Gasteiger partial charge in [0.15, 0.2) is 21.3 Å². The lowest BCUT2D eigenvalue weighted by molar-refractivity contribution is -0.118. The van der Waals surface area contributed by atoms with Crippen molar-refractivity contribution in [2.75, 3.05) is 32.0 Å². The minimum Gasteiger partial charge on any atom is -0.497 e. The molecule has 1 amide bonds. The molecule has 0 aliphatic carbocycles. The highest BCUT2D eigenvalue weighted by Crippen LogP contribution is 2.29. The van der Waals surface area contributed by atoms with Gasteiger partial charge in [0.05, 0.1) is 39.5 Å². The van der Waals surface area contributed by atoms with Crippen LogP contribution in [0.25, 0.3) is 0 Å². The molecule has 1 aliphatic heterocycles. The summed E-state index contributed by atoms with van der Waals surface area (Å²) in [7, 11) is 1.31. The normalized spacial score (nSPS) is 17.0. The molecule has 1 aliphatic rings. The molecule has 3 rings (SSSR count). The first-order valence-electron chi connectivity index (χ1n) is 8.95. The van der Waals surface area contributed by atoms with Crippen LogP contribution in [0.2, 0.25) is 0 Å². The van der Waals surface area contributed by atoms with Crippen LogP contribution in [-0.4, -0.2) is 47.4 Å². The maximum Gasteiger partial charge on any atom is 0.231 e. The molecule has 1 atom stereocenters. The summed E-state index contributed by atoms with van der Waals surface area (Å²) in [6.07, 6.45) is 1.63. The number of sulfone groups is 1. The number of carbonyl (C=O) groups is 1. The van der Waals surface area contributed by atoms with Crippen molar-refractivity contribution in [2.24, 2.45) is 0 Å². The molecule has 8 heteroatoms. The van der Waals surface area contributed by atoms with Crippen molar-refractivity contribution in [1.29, 1.82) is 0 Å². The first-order valence-corrected chi connectivity index (χ1v) is 10.7. The Morgan fingerprint density at radius 2 is 1.69 bits per heavy atom. The Balaban J connectivity index is 1.91. The van der Waals surface area contributed by atoms with E-state index in [1.54, 1.807) is 62.8 Å². The molecule has 0 bridgehead atoms. The van der Waals surface area contributed by atoms with Gasteiger partial charge < -0.3 is 19.1 Å². The smallest absolute Gasteiger partial charge is 0.231 e. The van der Waals surface area contributed by atoms with Crippen LogP contribution >= 0.6 is 0 Å². The van der Waals surface area contributed by atoms with Gasteiger partial charge in [0.1, 0.15) is 5.75 Å². The van der Waals surface area contributed by atoms with Gasteiger partial charge in [-0.2, -0.15) is 0 Å². The number of hydrogen-bond acceptors (Lipinski definition) is 6. The molecule has 1 heterocycles. The van der Waals surface area contributed by atoms with Crippen LogP contribution in [0.1, 0.15) is 5.56 Å². The number of carbonyl (C=O) groups excluding carboxylic acids is 1. The molecular weight excluding hydrogens is 394 g/mol. The van der Waals surface area contributed by atoms with Gasteiger partial charge in [-0.05, 0) is 48.0 Å². The quantitative estimate of drug-likeness (QED) is 0.689. The molecule has 1 unspecified atom stereocenters. The van der Waals surface area contributed by atoms with Gasteiger partial charge >= 0.3 is 0 Å². The van der Waals surface area contributed by atoms with E-state index in [1.165, 1.54) is 12.0 Å². The molecule has 0 saturated heterocycles. The number of anilines is 1. The molecule has 0 spiro atoms. The van der Waals surface area contributed by atoms with Crippen LogP contribution in [0, 0.1) is 0 Å². The van der Waals surface area contributed by atoms with Crippen molar-refractivity contribution in [1.82, 2.24) is 0 Å². The molecule has 0 fully saturated rings. The Morgan fingerprint density at radius 3 is 2.24 bits per heavy atom. The molecule has 0 N–H and O–H groups in total. The molecular formula is C21H23NO6S. The molecule has 0 saturated carbocycles. The van der Waals surface area contributed by atoms with Gasteiger partial charge in [-0.25, -0.2) is 8.42 Å². The van der Waals surface area contributed by atoms with Crippen LogP contribution < -0.4 is 19.1 Å². The van der Waals surface area contributed by atoms with Gasteiger partial charge in [-0.3, -0.25) is 4.79 Å². The minimum absolute atomic E-state index is 0.0801. The second-order valence-electron chi connectivity index (χ2n) is 6.55. The largest absolute Gasteiger partial charge is 0.497 e. The zero-order valence-corrected chi connectivity index (χ0v) is 17.3. The number of amides is 1. The van der Waals surface area contributed by atoms with Crippen molar-refractivity contribution in [3.05, 3.63) is 59.5 Å². The monoisotopic (exact) mass is 417 g/mol. The highest BCUT2D eigenvalue weighted by Gasteiger charge is 2.31. The van der Waals surface area contributed by atoms with Crippen LogP contribution in [0.15, 0.2) is 53.9 Å². The molecule has 0 radical (unpaired) electrons. The van der Waals surface area contributed by atoms with E-state index in [9.17, 15) is 13.2 Å². The molecule has 2 aromatic carbocycles. The molecule has 29 heavy (non-hydrogen) atoms. The minimum atomic E-state index is -3.32. The predicted molar refractivity (Wildman–Crippen MR) is 110 cm³/mol. The zero-order chi connectivity index (χ0) is 21.0. The highest BCUT2D eigenvalue weighted by molar-refractivity contribution is 7.94. The van der Waals surface area contributed by atoms with E-state index < -0.39 is 15.9 Å². The summed E-state index contributed by atoms with van der Waals surface area (Å²) in [5, 5.41) is 1.16. The Morgan fingerprint density at radius 1 is 1.00 bits per heavy atom. The first-order chi connectivity index (χ1) is 13.9. The van der Waals surface area contributed by atoms with E-state index >= 15 is 0 Å². The molecule has 154 valence electrons. The average Bonchev–Trinajstić information content (AvgIpc) is 3.07. The van der Waals surface area contributed by atoms with Gasteiger partial charge in [-0.1, -0.05) is 6.07 Å². The fourth-order valence-corrected chi connectivity index (χ4v) is 4.50. The first kappa shape index (κ1) is 20.7. The van der Waals surface area contributed by atoms with Gasteiger partial charge in [0.2, 0.25) is 5.91 Å². The zero-order valence-electron chi connectivity index (χ0n) is 16.5. The lowest BCUT2D eigenvalue weighted by Crippen LogP contribution is -2.42. The third-order valence-electron chi connectivity index (χ3n) is 4.67. The molecule has 7 nitrogen and oxygen atoms in total. The summed E-state index contributed by atoms with van der Waals surface area (Å²) in [4.78, 5) is 14.7. The van der Waals surface area contributed by atoms with E-state index in [0.29, 0.717) is 22.9 Å². The number of benzene rings is 2. The van der Waals surface area contributed by atoms with Crippen molar-refractivity contribution in [3.8, 4) is 17.2 Å². The lowest BCUT2D eigenvalue weighted by Gasteiger charge is -2.28. The maximum atomic E-state index is 13.2. The highest BCUT2D eigenvalue weighted by atomic mass is 32.2. The van der Waals surface area contributed by atoms with E-state index in [1.807, 2.05) is 0 Å². The van der Waals surface area contributed by atoms with Crippen LogP contribution in [0.4, 0.5) is 5.69 Å². The molecule has 2 aromatic rings. The summed E-state index contributed by atoms with van der Waals surface area (Å²) < 4.78 is 39.6. The number of rotatable bonds is 7. The van der Waals surface area contributed by atoms with Crippen molar-refractivity contribution < 1.29 is 27.4 Å². The van der Waals surface area contributed by atoms with Gasteiger partial charge in [0.25, 0.3) is 0 Å². The van der Waals surface area contributed by atoms with Gasteiger partial charge in [0, 0.05) is 11.1 Å². The summed E-state index contributed by atoms with van der Waals surface area (Å²) in [5.74, 6) is 1.37. The van der Waals surface area contributed by atoms with Crippen molar-refractivity contribution in [3.63, 3.8) is 0 Å². The van der Waals surface area contributed by atoms with Crippen molar-refractivity contribution >= 4 is 21.4 Å². The van der Waals surface area contributed by atoms with Crippen molar-refractivity contribution in [2.45, 2.75) is 12.5 Å². The van der Waals surface area contributed by atoms with E-state index in [2.05, 4.69) is 0 Å². The van der Waals surface area contributed by atoms with E-state index in [4.69, 9.17) is 14.2 Å². The third-order valence-corrected chi connectivity index (χ3v) is 6.04. The summed E-state index contributed by atoms with van der Waals surface area (Å²) in [5.41, 5.74) is 1.33. The number of ether oxygens (including phenoxy) is 3. The Bertz CT molecular complexity index is 1010. The van der Waals surface area contributed by atoms with Crippen LogP contribution in [0.3, 0.4) is 0 Å². The summed E-state index contributed by atoms with van der Waals surface area (Å²) >= 11 is 0. The standard InChI is InChI=1S/C21H23NO6S/c1-26-18-7-5-16(6-8-18)22(17-10-11-29(24,25)14-17)21(23)13-15-4-9-19(27-2)20(12-15)28-3/h4-12,17H,13-14H2,1-3H3. The second kappa shape index (κ2) is 8.57. The summed E-state index contributed by atoms with van der Waals surface area (Å²) in [6.45, 7) is 0. The van der Waals surface area contributed by atoms with E-state index in [-0.39, 0.29) is 18.1 Å². The van der Waals surface area contributed by atoms with Crippen LogP contribution in [-0.2, 0) is 21.1 Å².